The van der Waals surface area contributed by atoms with Crippen LogP contribution in [0.2, 0.25) is 0 Å². The number of aliphatic hydroxyl groups is 1. The van der Waals surface area contributed by atoms with Crippen molar-refractivity contribution >= 4 is 39.0 Å². The predicted octanol–water partition coefficient (Wildman–Crippen LogP) is -0.431. The van der Waals surface area contributed by atoms with Crippen LogP contribution in [0.1, 0.15) is 0 Å². The molecule has 1 aliphatic heterocycles. The largest absolute Gasteiger partial charge is 0.390 e. The number of H-pyrrole nitrogens is 2. The number of aromatic nitrogens is 6. The molecule has 0 unspecified atom stereocenters. The molecule has 172 valence electrons. The molecule has 1 aliphatic rings. The van der Waals surface area contributed by atoms with E-state index >= 15 is 0 Å². The minimum atomic E-state index is -4.24. The summed E-state index contributed by atoms with van der Waals surface area (Å²) in [6.45, 7) is 0.987. The Kier molecular flexibility index (Phi) is 5.51. The predicted molar refractivity (Wildman–Crippen MR) is 122 cm³/mol. The van der Waals surface area contributed by atoms with Crippen LogP contribution >= 0.6 is 11.9 Å². The lowest BCUT2D eigenvalue weighted by Crippen LogP contribution is -2.34. The summed E-state index contributed by atoms with van der Waals surface area (Å²) in [7, 11) is -4.24. The lowest BCUT2D eigenvalue weighted by Gasteiger charge is -2.18. The average Bonchev–Trinajstić information content (AvgIpc) is 3.51. The van der Waals surface area contributed by atoms with Gasteiger partial charge in [-0.1, -0.05) is 18.2 Å². The molecule has 3 heterocycles. The minimum Gasteiger partial charge on any atom is -0.390 e. The van der Waals surface area contributed by atoms with Crippen molar-refractivity contribution in [1.29, 1.82) is 0 Å². The van der Waals surface area contributed by atoms with Crippen LogP contribution in [0.25, 0.3) is 33.5 Å². The van der Waals surface area contributed by atoms with E-state index in [1.807, 2.05) is 6.07 Å². The van der Waals surface area contributed by atoms with Crippen molar-refractivity contribution in [1.82, 2.24) is 40.6 Å². The molecule has 0 aliphatic carbocycles. The van der Waals surface area contributed by atoms with Crippen molar-refractivity contribution in [2.24, 2.45) is 5.14 Å². The van der Waals surface area contributed by atoms with Gasteiger partial charge in [-0.2, -0.15) is 5.21 Å². The Labute approximate surface area is 191 Å². The molecule has 2 aromatic carbocycles. The molecule has 33 heavy (non-hydrogen) atoms. The van der Waals surface area contributed by atoms with Gasteiger partial charge in [-0.15, -0.1) is 10.2 Å². The van der Waals surface area contributed by atoms with Crippen molar-refractivity contribution in [3.05, 3.63) is 30.3 Å². The van der Waals surface area contributed by atoms with Gasteiger partial charge in [0.15, 0.2) is 5.95 Å². The first-order valence-corrected chi connectivity index (χ1v) is 12.2. The third kappa shape index (κ3) is 4.05. The number of imidazole rings is 1. The van der Waals surface area contributed by atoms with Gasteiger partial charge >= 0.3 is 0 Å². The highest BCUT2D eigenvalue weighted by Crippen LogP contribution is 2.41. The molecule has 1 fully saturated rings. The third-order valence-corrected chi connectivity index (χ3v) is 7.40. The Bertz CT molecular complexity index is 1420. The van der Waals surface area contributed by atoms with E-state index in [0.29, 0.717) is 40.1 Å². The Balaban J connectivity index is 1.72. The molecular weight excluding hydrogens is 468 g/mol. The SMILES string of the molecule is Nc1nc2c(-c3ccc(SN[C@@H]4CNC[C@@H]4O)c(S(N)(=O)=O)c3-c3nn[nH]n3)cccc2[nH]1. The number of benzene rings is 2. The normalized spacial score (nSPS) is 18.8. The number of sulfonamides is 1. The highest BCUT2D eigenvalue weighted by atomic mass is 32.2. The van der Waals surface area contributed by atoms with Crippen LogP contribution in [-0.4, -0.2) is 69.4 Å². The number of nitrogens with one attached hydrogen (secondary N) is 4. The van der Waals surface area contributed by atoms with Gasteiger partial charge in [-0.05, 0) is 34.9 Å². The highest BCUT2D eigenvalue weighted by Gasteiger charge is 2.30. The van der Waals surface area contributed by atoms with Gasteiger partial charge in [0.1, 0.15) is 4.90 Å². The van der Waals surface area contributed by atoms with E-state index in [-0.39, 0.29) is 28.3 Å². The van der Waals surface area contributed by atoms with Crippen LogP contribution < -0.4 is 20.9 Å². The number of β-amino-alcohol motifs (C(OH)–C–C–N with tert-alkyl or cyclic N) is 1. The van der Waals surface area contributed by atoms with Crippen LogP contribution in [0.4, 0.5) is 5.95 Å². The molecule has 0 bridgehead atoms. The van der Waals surface area contributed by atoms with Crippen molar-refractivity contribution in [2.45, 2.75) is 21.9 Å². The van der Waals surface area contributed by atoms with Crippen molar-refractivity contribution < 1.29 is 13.5 Å². The van der Waals surface area contributed by atoms with E-state index in [9.17, 15) is 13.5 Å². The summed E-state index contributed by atoms with van der Waals surface area (Å²) in [5.41, 5.74) is 8.37. The van der Waals surface area contributed by atoms with Gasteiger partial charge in [-0.3, -0.25) is 4.72 Å². The second kappa shape index (κ2) is 8.36. The summed E-state index contributed by atoms with van der Waals surface area (Å²) in [6.07, 6.45) is -0.603. The highest BCUT2D eigenvalue weighted by molar-refractivity contribution is 7.98. The number of nitrogens with two attached hydrogens (primary N) is 2. The minimum absolute atomic E-state index is 0.0551. The van der Waals surface area contributed by atoms with Gasteiger partial charge in [0.25, 0.3) is 0 Å². The zero-order valence-corrected chi connectivity index (χ0v) is 18.6. The lowest BCUT2D eigenvalue weighted by molar-refractivity contribution is 0.174. The summed E-state index contributed by atoms with van der Waals surface area (Å²) in [6, 6.07) is 8.52. The van der Waals surface area contributed by atoms with E-state index in [1.165, 1.54) is 0 Å². The molecule has 5 rings (SSSR count). The fourth-order valence-corrected chi connectivity index (χ4v) is 5.99. The number of rotatable bonds is 6. The number of hydrogen-bond acceptors (Lipinski definition) is 11. The molecule has 0 spiro atoms. The van der Waals surface area contributed by atoms with Gasteiger partial charge in [0.05, 0.1) is 28.7 Å². The number of fused-ring (bicyclic) bond motifs is 1. The van der Waals surface area contributed by atoms with Crippen molar-refractivity contribution in [3.8, 4) is 22.5 Å². The molecule has 0 amide bonds. The fourth-order valence-electron chi connectivity index (χ4n) is 3.83. The van der Waals surface area contributed by atoms with E-state index < -0.39 is 16.1 Å². The monoisotopic (exact) mass is 488 g/mol. The Hall–Kier alpha value is -3.08. The molecule has 13 nitrogen and oxygen atoms in total. The van der Waals surface area contributed by atoms with E-state index in [1.54, 1.807) is 24.3 Å². The quantitative estimate of drug-likeness (QED) is 0.173. The number of aromatic amines is 2. The molecule has 15 heteroatoms. The molecule has 0 radical (unpaired) electrons. The Morgan fingerprint density at radius 2 is 2.03 bits per heavy atom. The molecule has 2 atom stereocenters. The second-order valence-electron chi connectivity index (χ2n) is 7.47. The standard InChI is InChI=1S/C18H20N10O3S2/c19-18-22-10-3-1-2-9(15(10)23-18)8-4-5-13(32-26-11-6-21-7-12(11)29)16(33(20,30)31)14(8)17-24-27-28-25-17/h1-5,11-12,21,26,29H,6-7H2,(H3,19,22,23)(H2,20,30,31)(H,24,25,27,28)/t11-,12+/m1/s1. The Morgan fingerprint density at radius 1 is 1.18 bits per heavy atom. The molecule has 0 saturated carbocycles. The van der Waals surface area contributed by atoms with Gasteiger partial charge < -0.3 is 21.1 Å². The van der Waals surface area contributed by atoms with Crippen LogP contribution in [-0.2, 0) is 10.0 Å². The smallest absolute Gasteiger partial charge is 0.239 e. The molecule has 9 N–H and O–H groups in total. The Morgan fingerprint density at radius 3 is 2.73 bits per heavy atom. The van der Waals surface area contributed by atoms with Crippen LogP contribution in [0.3, 0.4) is 0 Å². The fraction of sp³-hybridized carbons (Fsp3) is 0.222. The van der Waals surface area contributed by atoms with Crippen molar-refractivity contribution in [3.63, 3.8) is 0 Å². The number of primary sulfonamides is 1. The maximum atomic E-state index is 12.8. The summed E-state index contributed by atoms with van der Waals surface area (Å²) in [5.74, 6) is 0.282. The third-order valence-electron chi connectivity index (χ3n) is 5.30. The number of nitrogen functional groups attached to an aromatic ring is 1. The summed E-state index contributed by atoms with van der Waals surface area (Å²) in [4.78, 5) is 7.47. The molecular formula is C18H20N10O3S2. The molecule has 4 aromatic rings. The van der Waals surface area contributed by atoms with Gasteiger partial charge in [0, 0.05) is 23.5 Å². The number of nitrogens with zero attached hydrogens (tertiary/aromatic N) is 4. The number of hydrogen-bond donors (Lipinski definition) is 7. The number of tetrazole rings is 1. The first kappa shape index (κ1) is 21.7. The zero-order valence-electron chi connectivity index (χ0n) is 17.0. The average molecular weight is 489 g/mol. The molecule has 2 aromatic heterocycles. The second-order valence-corrected chi connectivity index (χ2v) is 9.85. The number of para-hydroxylation sites is 1. The zero-order chi connectivity index (χ0) is 23.2. The topological polar surface area (TPSA) is 214 Å². The first-order valence-electron chi connectivity index (χ1n) is 9.82. The van der Waals surface area contributed by atoms with Gasteiger partial charge in [0.2, 0.25) is 15.8 Å². The first-order chi connectivity index (χ1) is 15.8. The van der Waals surface area contributed by atoms with E-state index in [4.69, 9.17) is 10.9 Å². The van der Waals surface area contributed by atoms with Crippen LogP contribution in [0.15, 0.2) is 40.1 Å². The lowest BCUT2D eigenvalue weighted by atomic mass is 9.98. The summed E-state index contributed by atoms with van der Waals surface area (Å²) >= 11 is 1.06. The van der Waals surface area contributed by atoms with Gasteiger partial charge in [-0.25, -0.2) is 18.5 Å². The molecule has 1 saturated heterocycles. The van der Waals surface area contributed by atoms with Crippen LogP contribution in [0, 0.1) is 0 Å². The maximum Gasteiger partial charge on any atom is 0.239 e. The maximum absolute atomic E-state index is 12.8. The van der Waals surface area contributed by atoms with Crippen molar-refractivity contribution in [2.75, 3.05) is 18.8 Å². The summed E-state index contributed by atoms with van der Waals surface area (Å²) in [5, 5.41) is 32.8. The number of anilines is 1. The van der Waals surface area contributed by atoms with E-state index in [2.05, 4.69) is 40.6 Å². The van der Waals surface area contributed by atoms with E-state index in [0.717, 1.165) is 11.9 Å². The number of aliphatic hydroxyl groups excluding tert-OH is 1. The van der Waals surface area contributed by atoms with Crippen LogP contribution in [0.5, 0.6) is 0 Å². The summed E-state index contributed by atoms with van der Waals surface area (Å²) < 4.78 is 28.8.